The highest BCUT2D eigenvalue weighted by Gasteiger charge is 2.30. The molecule has 1 heterocycles. The predicted octanol–water partition coefficient (Wildman–Crippen LogP) is 6.75. The van der Waals surface area contributed by atoms with Crippen LogP contribution >= 0.6 is 11.3 Å². The number of aromatic nitrogens is 1. The fraction of sp³-hybridized carbons (Fsp3) is 0.385. The zero-order chi connectivity index (χ0) is 27.8. The van der Waals surface area contributed by atoms with Crippen LogP contribution in [0.15, 0.2) is 34.7 Å². The lowest BCUT2D eigenvalue weighted by atomic mass is 9.71. The van der Waals surface area contributed by atoms with E-state index in [-0.39, 0.29) is 38.9 Å². The number of hydrogen-bond acceptors (Lipinski definition) is 6. The van der Waals surface area contributed by atoms with Crippen LogP contribution in [0.1, 0.15) is 66.9 Å². The van der Waals surface area contributed by atoms with Gasteiger partial charge in [-0.3, -0.25) is 4.72 Å². The summed E-state index contributed by atoms with van der Waals surface area (Å²) in [7, 11) is -3.21. The van der Waals surface area contributed by atoms with E-state index < -0.39 is 44.9 Å². The molecule has 0 saturated heterocycles. The predicted molar refractivity (Wildman–Crippen MR) is 138 cm³/mol. The summed E-state index contributed by atoms with van der Waals surface area (Å²) < 4.78 is 76.5. The Morgan fingerprint density at radius 3 is 2.47 bits per heavy atom. The maximum Gasteiger partial charge on any atom is 0.338 e. The first-order valence-electron chi connectivity index (χ1n) is 11.8. The van der Waals surface area contributed by atoms with Crippen LogP contribution in [-0.4, -0.2) is 31.6 Å². The molecule has 204 valence electrons. The molecule has 38 heavy (non-hydrogen) atoms. The van der Waals surface area contributed by atoms with Crippen molar-refractivity contribution in [1.82, 2.24) is 4.98 Å². The number of aromatic carboxylic acids is 1. The van der Waals surface area contributed by atoms with Crippen LogP contribution in [0.3, 0.4) is 0 Å². The maximum atomic E-state index is 15.2. The molecule has 0 bridgehead atoms. The molecule has 0 radical (unpaired) electrons. The summed E-state index contributed by atoms with van der Waals surface area (Å²) in [6.07, 6.45) is 3.49. The lowest BCUT2D eigenvalue weighted by Gasteiger charge is -2.34. The standard InChI is InChI=1S/C26H27F3N2O5S2/c1-26(2)6-4-14(5-7-26)16-8-15(12-27)17(9-19(16)28)24-30-23(13-37-24)38(34,35)31-21-11-20(29)18(25(32)33)10-22(21)36-3/h8-11,13-14,31H,4-7,12H2,1-3H3,(H,32,33). The minimum atomic E-state index is -4.38. The molecule has 1 aliphatic rings. The Labute approximate surface area is 222 Å². The molecule has 1 fully saturated rings. The number of ether oxygens (including phenoxy) is 1. The summed E-state index contributed by atoms with van der Waals surface area (Å²) in [5.74, 6) is -3.43. The first-order valence-corrected chi connectivity index (χ1v) is 14.2. The first-order chi connectivity index (χ1) is 17.8. The quantitative estimate of drug-likeness (QED) is 0.311. The number of benzene rings is 2. The van der Waals surface area contributed by atoms with Crippen LogP contribution in [0.2, 0.25) is 0 Å². The number of halogens is 3. The van der Waals surface area contributed by atoms with Crippen LogP contribution in [0.5, 0.6) is 5.75 Å². The molecule has 1 saturated carbocycles. The van der Waals surface area contributed by atoms with E-state index in [0.717, 1.165) is 43.1 Å². The van der Waals surface area contributed by atoms with E-state index in [9.17, 15) is 22.0 Å². The van der Waals surface area contributed by atoms with Crippen molar-refractivity contribution in [2.45, 2.75) is 57.1 Å². The van der Waals surface area contributed by atoms with E-state index >= 15 is 4.39 Å². The number of methoxy groups -OCH3 is 1. The number of nitrogens with one attached hydrogen (secondary N) is 1. The Balaban J connectivity index is 1.63. The van der Waals surface area contributed by atoms with Crippen molar-refractivity contribution < 1.29 is 36.2 Å². The van der Waals surface area contributed by atoms with Gasteiger partial charge in [-0.15, -0.1) is 11.3 Å². The second-order valence-corrected chi connectivity index (χ2v) is 12.5. The molecule has 2 N–H and O–H groups in total. The highest BCUT2D eigenvalue weighted by Crippen LogP contribution is 2.44. The van der Waals surface area contributed by atoms with Gasteiger partial charge in [0.2, 0.25) is 0 Å². The second-order valence-electron chi connectivity index (χ2n) is 10.0. The molecule has 12 heteroatoms. The van der Waals surface area contributed by atoms with E-state index in [4.69, 9.17) is 9.84 Å². The van der Waals surface area contributed by atoms with Crippen LogP contribution in [-0.2, 0) is 16.7 Å². The Morgan fingerprint density at radius 1 is 1.18 bits per heavy atom. The molecule has 0 aliphatic heterocycles. The topological polar surface area (TPSA) is 106 Å². The van der Waals surface area contributed by atoms with Crippen molar-refractivity contribution in [2.75, 3.05) is 11.8 Å². The van der Waals surface area contributed by atoms with Crippen molar-refractivity contribution in [3.05, 3.63) is 58.0 Å². The van der Waals surface area contributed by atoms with Gasteiger partial charge in [0.05, 0.1) is 18.4 Å². The van der Waals surface area contributed by atoms with Crippen molar-refractivity contribution in [3.63, 3.8) is 0 Å². The number of sulfonamides is 1. The van der Waals surface area contributed by atoms with Gasteiger partial charge < -0.3 is 9.84 Å². The number of thiazole rings is 1. The average molecular weight is 569 g/mol. The number of alkyl halides is 1. The molecule has 4 rings (SSSR count). The highest BCUT2D eigenvalue weighted by molar-refractivity contribution is 7.92. The zero-order valence-electron chi connectivity index (χ0n) is 21.0. The molecule has 3 aromatic rings. The summed E-state index contributed by atoms with van der Waals surface area (Å²) in [5, 5.41) is 9.93. The van der Waals surface area contributed by atoms with Crippen LogP contribution in [0, 0.1) is 17.0 Å². The highest BCUT2D eigenvalue weighted by atomic mass is 32.2. The van der Waals surface area contributed by atoms with Gasteiger partial charge in [0.25, 0.3) is 10.0 Å². The van der Waals surface area contributed by atoms with Gasteiger partial charge in [-0.05, 0) is 66.3 Å². The molecular formula is C26H27F3N2O5S2. The van der Waals surface area contributed by atoms with E-state index in [2.05, 4.69) is 23.6 Å². The van der Waals surface area contributed by atoms with Crippen molar-refractivity contribution in [1.29, 1.82) is 0 Å². The van der Waals surface area contributed by atoms with Gasteiger partial charge in [-0.2, -0.15) is 8.42 Å². The number of carboxylic acids is 1. The lowest BCUT2D eigenvalue weighted by Crippen LogP contribution is -2.21. The summed E-state index contributed by atoms with van der Waals surface area (Å²) >= 11 is 0.892. The van der Waals surface area contributed by atoms with Gasteiger partial charge in [-0.25, -0.2) is 22.9 Å². The Morgan fingerprint density at radius 2 is 1.87 bits per heavy atom. The normalized spacial score (nSPS) is 15.8. The van der Waals surface area contributed by atoms with Crippen molar-refractivity contribution in [3.8, 4) is 16.3 Å². The molecule has 2 aromatic carbocycles. The molecular weight excluding hydrogens is 541 g/mol. The van der Waals surface area contributed by atoms with Crippen LogP contribution < -0.4 is 9.46 Å². The van der Waals surface area contributed by atoms with E-state index in [1.165, 1.54) is 24.6 Å². The Hall–Kier alpha value is -3.12. The van der Waals surface area contributed by atoms with Crippen molar-refractivity contribution >= 4 is 33.0 Å². The van der Waals surface area contributed by atoms with E-state index in [0.29, 0.717) is 11.6 Å². The minimum absolute atomic E-state index is 0.0123. The largest absolute Gasteiger partial charge is 0.495 e. The van der Waals surface area contributed by atoms with Gasteiger partial charge in [0.1, 0.15) is 29.1 Å². The summed E-state index contributed by atoms with van der Waals surface area (Å²) in [6, 6.07) is 4.26. The third kappa shape index (κ3) is 5.65. The van der Waals surface area contributed by atoms with Gasteiger partial charge in [0, 0.05) is 17.0 Å². The van der Waals surface area contributed by atoms with Gasteiger partial charge in [-0.1, -0.05) is 13.8 Å². The smallest absolute Gasteiger partial charge is 0.338 e. The van der Waals surface area contributed by atoms with Gasteiger partial charge in [0.15, 0.2) is 5.03 Å². The van der Waals surface area contributed by atoms with E-state index in [1.54, 1.807) is 0 Å². The summed E-state index contributed by atoms with van der Waals surface area (Å²) in [4.78, 5) is 15.3. The molecule has 0 spiro atoms. The Bertz CT molecular complexity index is 1480. The molecule has 7 nitrogen and oxygen atoms in total. The summed E-state index contributed by atoms with van der Waals surface area (Å²) in [5.41, 5.74) is 0.000847. The van der Waals surface area contributed by atoms with Crippen molar-refractivity contribution in [2.24, 2.45) is 5.41 Å². The summed E-state index contributed by atoms with van der Waals surface area (Å²) in [6.45, 7) is 3.47. The minimum Gasteiger partial charge on any atom is -0.495 e. The third-order valence-electron chi connectivity index (χ3n) is 6.90. The SMILES string of the molecule is COc1cc(C(=O)O)c(F)cc1NS(=O)(=O)c1csc(-c2cc(F)c(C3CCC(C)(C)CC3)cc2CF)n1. The monoisotopic (exact) mass is 568 g/mol. The molecule has 1 aromatic heterocycles. The van der Waals surface area contributed by atoms with Crippen LogP contribution in [0.25, 0.3) is 10.6 Å². The molecule has 0 atom stereocenters. The number of hydrogen-bond donors (Lipinski definition) is 2. The fourth-order valence-electron chi connectivity index (χ4n) is 4.64. The number of carboxylic acid groups (broad SMARTS) is 1. The zero-order valence-corrected chi connectivity index (χ0v) is 22.6. The second kappa shape index (κ2) is 10.6. The molecule has 0 amide bonds. The number of nitrogens with zero attached hydrogens (tertiary/aromatic N) is 1. The number of anilines is 1. The lowest BCUT2D eigenvalue weighted by molar-refractivity contribution is 0.0691. The number of rotatable bonds is 8. The molecule has 1 aliphatic carbocycles. The third-order valence-corrected chi connectivity index (χ3v) is 9.17. The average Bonchev–Trinajstić information content (AvgIpc) is 3.35. The van der Waals surface area contributed by atoms with Gasteiger partial charge >= 0.3 is 5.97 Å². The Kier molecular flexibility index (Phi) is 7.76. The number of carbonyl (C=O) groups is 1. The van der Waals surface area contributed by atoms with E-state index in [1.807, 2.05) is 0 Å². The fourth-order valence-corrected chi connectivity index (χ4v) is 6.85. The molecule has 0 unspecified atom stereocenters. The first kappa shape index (κ1) is 27.9. The maximum absolute atomic E-state index is 15.2. The van der Waals surface area contributed by atoms with Crippen LogP contribution in [0.4, 0.5) is 18.9 Å².